The summed E-state index contributed by atoms with van der Waals surface area (Å²) in [6.45, 7) is 3.69. The highest BCUT2D eigenvalue weighted by atomic mass is 35.5. The van der Waals surface area contributed by atoms with Gasteiger partial charge in [-0.25, -0.2) is 9.38 Å². The lowest BCUT2D eigenvalue weighted by Crippen LogP contribution is -2.44. The lowest BCUT2D eigenvalue weighted by molar-refractivity contribution is -0.138. The van der Waals surface area contributed by atoms with Gasteiger partial charge in [-0.15, -0.1) is 0 Å². The second-order valence-corrected chi connectivity index (χ2v) is 10.0. The molecule has 4 aliphatic rings. The number of hydrogen-bond acceptors (Lipinski definition) is 7. The molecule has 0 saturated carbocycles. The van der Waals surface area contributed by atoms with Crippen LogP contribution in [0.4, 0.5) is 4.39 Å². The van der Waals surface area contributed by atoms with Crippen LogP contribution in [-0.2, 0) is 14.3 Å². The number of nitrogens with zero attached hydrogens (tertiary/aromatic N) is 2. The summed E-state index contributed by atoms with van der Waals surface area (Å²) in [5, 5.41) is 10.2. The molecular weight excluding hydrogens is 480 g/mol. The van der Waals surface area contributed by atoms with Gasteiger partial charge in [0, 0.05) is 31.4 Å². The average molecular weight is 510 g/mol. The molecular formula is C23H30ClFN5O3P. The zero-order chi connectivity index (χ0) is 24.2. The molecule has 11 heteroatoms. The highest BCUT2D eigenvalue weighted by Crippen LogP contribution is 2.35. The molecule has 0 bridgehead atoms. The van der Waals surface area contributed by atoms with Crippen LogP contribution in [0.15, 0.2) is 51.2 Å². The first-order valence-corrected chi connectivity index (χ1v) is 12.4. The summed E-state index contributed by atoms with van der Waals surface area (Å²) in [5.74, 6) is 0.783. The van der Waals surface area contributed by atoms with Gasteiger partial charge in [0.25, 0.3) is 0 Å². The first kappa shape index (κ1) is 24.9. The third-order valence-corrected chi connectivity index (χ3v) is 6.73. The topological polar surface area (TPSA) is 95.1 Å². The number of aliphatic imine (C=N–C) groups is 1. The summed E-state index contributed by atoms with van der Waals surface area (Å²) in [6.07, 6.45) is 7.63. The molecule has 3 N–H and O–H groups in total. The Morgan fingerprint density at radius 1 is 1.41 bits per heavy atom. The number of halogens is 2. The molecule has 8 nitrogen and oxygen atoms in total. The molecule has 0 aromatic rings. The molecule has 1 saturated heterocycles. The third kappa shape index (κ3) is 5.88. The predicted octanol–water partition coefficient (Wildman–Crippen LogP) is 1.93. The number of allylic oxidation sites excluding steroid dienone is 2. The van der Waals surface area contributed by atoms with Gasteiger partial charge in [0.2, 0.25) is 5.91 Å². The normalized spacial score (nSPS) is 26.5. The van der Waals surface area contributed by atoms with E-state index in [-0.39, 0.29) is 60.7 Å². The standard InChI is InChI=1S/C23H30ClFN5O3P/c1-13-5-17(16-6-15(24)8-26-21(13)16)22-28-9-18(25)23(29-22)27-7-14-3-2-4-30(10-14)19(31)11-33-12-20(32)34/h5-6,8,13-14,21,26-27H,2-4,7,9-12,34H2,1H3,(H,28,29)/t13?,14-,21?/m1/s1. The van der Waals surface area contributed by atoms with Crippen molar-refractivity contribution in [2.24, 2.45) is 16.8 Å². The van der Waals surface area contributed by atoms with Gasteiger partial charge >= 0.3 is 0 Å². The molecule has 3 aliphatic heterocycles. The number of fused-ring (bicyclic) bond motifs is 1. The van der Waals surface area contributed by atoms with Crippen LogP contribution in [0.25, 0.3) is 0 Å². The monoisotopic (exact) mass is 509 g/mol. The number of carbonyl (C=O) groups is 2. The molecule has 1 amide bonds. The molecule has 4 atom stereocenters. The molecule has 3 unspecified atom stereocenters. The largest absolute Gasteiger partial charge is 0.382 e. The number of piperidine rings is 1. The van der Waals surface area contributed by atoms with Gasteiger partial charge in [-0.05, 0) is 36.3 Å². The summed E-state index contributed by atoms with van der Waals surface area (Å²) in [4.78, 5) is 29.6. The van der Waals surface area contributed by atoms with Gasteiger partial charge in [-0.2, -0.15) is 0 Å². The number of hydrogen-bond donors (Lipinski definition) is 3. The summed E-state index contributed by atoms with van der Waals surface area (Å²) in [7, 11) is 2.02. The van der Waals surface area contributed by atoms with Gasteiger partial charge < -0.3 is 25.6 Å². The maximum Gasteiger partial charge on any atom is 0.248 e. The number of rotatable bonds is 8. The second kappa shape index (κ2) is 11.0. The van der Waals surface area contributed by atoms with Crippen LogP contribution in [0.1, 0.15) is 19.8 Å². The fraction of sp³-hybridized carbons (Fsp3) is 0.522. The van der Waals surface area contributed by atoms with Crippen LogP contribution in [0.2, 0.25) is 0 Å². The van der Waals surface area contributed by atoms with Crippen LogP contribution in [-0.4, -0.2) is 67.6 Å². The van der Waals surface area contributed by atoms with E-state index in [0.717, 1.165) is 24.0 Å². The van der Waals surface area contributed by atoms with Gasteiger partial charge in [0.15, 0.2) is 17.2 Å². The summed E-state index contributed by atoms with van der Waals surface area (Å²) >= 11 is 6.20. The van der Waals surface area contributed by atoms with Crippen molar-refractivity contribution in [2.45, 2.75) is 25.8 Å². The molecule has 1 fully saturated rings. The van der Waals surface area contributed by atoms with E-state index in [2.05, 4.69) is 33.9 Å². The van der Waals surface area contributed by atoms with Crippen molar-refractivity contribution in [1.29, 1.82) is 0 Å². The van der Waals surface area contributed by atoms with Crippen LogP contribution in [0, 0.1) is 11.8 Å². The van der Waals surface area contributed by atoms with E-state index in [1.165, 1.54) is 0 Å². The number of ether oxygens (including phenoxy) is 1. The third-order valence-electron chi connectivity index (χ3n) is 6.34. The number of dihydropyridines is 1. The SMILES string of the molecule is CC1C=C(C2=NC(NC[C@H]3CCCN(C(=O)COCC(=O)P)C3)=C(F)CN2)C2=CC(Cl)=CNC21. The Kier molecular flexibility index (Phi) is 8.06. The van der Waals surface area contributed by atoms with E-state index < -0.39 is 0 Å². The maximum atomic E-state index is 14.6. The zero-order valence-electron chi connectivity index (χ0n) is 19.1. The van der Waals surface area contributed by atoms with E-state index in [1.807, 2.05) is 15.3 Å². The van der Waals surface area contributed by atoms with Crippen molar-refractivity contribution in [3.8, 4) is 0 Å². The maximum absolute atomic E-state index is 14.6. The first-order chi connectivity index (χ1) is 16.3. The lowest BCUT2D eigenvalue weighted by Gasteiger charge is -2.33. The summed E-state index contributed by atoms with van der Waals surface area (Å²) in [6, 6.07) is 0.123. The smallest absolute Gasteiger partial charge is 0.248 e. The fourth-order valence-corrected chi connectivity index (χ4v) is 4.97. The van der Waals surface area contributed by atoms with E-state index in [4.69, 9.17) is 16.3 Å². The number of likely N-dealkylation sites (tertiary alicyclic amines) is 1. The van der Waals surface area contributed by atoms with Gasteiger partial charge in [0.1, 0.15) is 19.0 Å². The van der Waals surface area contributed by atoms with Crippen molar-refractivity contribution in [3.05, 3.63) is 46.2 Å². The first-order valence-electron chi connectivity index (χ1n) is 11.5. The van der Waals surface area contributed by atoms with E-state index in [0.29, 0.717) is 30.5 Å². The molecule has 0 radical (unpaired) electrons. The highest BCUT2D eigenvalue weighted by molar-refractivity contribution is 7.40. The Bertz CT molecular complexity index is 1010. The number of carbonyl (C=O) groups excluding carboxylic acids is 2. The molecule has 0 aromatic heterocycles. The van der Waals surface area contributed by atoms with Gasteiger partial charge in [-0.3, -0.25) is 9.59 Å². The van der Waals surface area contributed by atoms with E-state index in [9.17, 15) is 14.0 Å². The Morgan fingerprint density at radius 2 is 2.24 bits per heavy atom. The minimum absolute atomic E-state index is 0.0584. The van der Waals surface area contributed by atoms with Crippen LogP contribution < -0.4 is 16.0 Å². The summed E-state index contributed by atoms with van der Waals surface area (Å²) < 4.78 is 19.7. The highest BCUT2D eigenvalue weighted by Gasteiger charge is 2.34. The minimum Gasteiger partial charge on any atom is -0.382 e. The van der Waals surface area contributed by atoms with Gasteiger partial charge in [0.05, 0.1) is 17.6 Å². The fourth-order valence-electron chi connectivity index (χ4n) is 4.67. The Labute approximate surface area is 206 Å². The van der Waals surface area contributed by atoms with Gasteiger partial charge in [-0.1, -0.05) is 33.8 Å². The van der Waals surface area contributed by atoms with Crippen molar-refractivity contribution in [3.63, 3.8) is 0 Å². The van der Waals surface area contributed by atoms with Crippen molar-refractivity contribution in [1.82, 2.24) is 20.9 Å². The zero-order valence-corrected chi connectivity index (χ0v) is 21.0. The number of amidine groups is 1. The number of nitrogens with one attached hydrogen (secondary N) is 3. The minimum atomic E-state index is -0.347. The van der Waals surface area contributed by atoms with E-state index in [1.54, 1.807) is 11.1 Å². The van der Waals surface area contributed by atoms with Crippen molar-refractivity contribution < 1.29 is 18.7 Å². The molecule has 0 aromatic carbocycles. The van der Waals surface area contributed by atoms with Crippen LogP contribution >= 0.6 is 20.8 Å². The molecule has 4 rings (SSSR count). The second-order valence-electron chi connectivity index (χ2n) is 8.97. The molecule has 3 heterocycles. The van der Waals surface area contributed by atoms with Crippen LogP contribution in [0.3, 0.4) is 0 Å². The predicted molar refractivity (Wildman–Crippen MR) is 133 cm³/mol. The number of amides is 1. The average Bonchev–Trinajstić information content (AvgIpc) is 3.14. The summed E-state index contributed by atoms with van der Waals surface area (Å²) in [5.41, 5.74) is 1.78. The Balaban J connectivity index is 1.36. The molecule has 0 spiro atoms. The molecule has 184 valence electrons. The molecule has 34 heavy (non-hydrogen) atoms. The molecule has 1 aliphatic carbocycles. The quantitative estimate of drug-likeness (QED) is 0.433. The van der Waals surface area contributed by atoms with Crippen molar-refractivity contribution >= 4 is 38.1 Å². The van der Waals surface area contributed by atoms with Crippen molar-refractivity contribution in [2.75, 3.05) is 39.4 Å². The Morgan fingerprint density at radius 3 is 3.03 bits per heavy atom. The Hall–Kier alpha value is -2.22. The van der Waals surface area contributed by atoms with E-state index >= 15 is 0 Å². The van der Waals surface area contributed by atoms with Crippen LogP contribution in [0.5, 0.6) is 0 Å². The lowest BCUT2D eigenvalue weighted by atomic mass is 9.97.